The molecule has 1 aromatic heterocycles. The molecule has 0 atom stereocenters. The van der Waals surface area contributed by atoms with Crippen LogP contribution in [0.2, 0.25) is 4.34 Å². The van der Waals surface area contributed by atoms with Gasteiger partial charge in [0, 0.05) is 29.2 Å². The molecule has 0 bridgehead atoms. The predicted octanol–water partition coefficient (Wildman–Crippen LogP) is 3.73. The van der Waals surface area contributed by atoms with Crippen LogP contribution in [0, 0.1) is 0 Å². The Morgan fingerprint density at radius 2 is 2.24 bits per heavy atom. The van der Waals surface area contributed by atoms with Crippen molar-refractivity contribution >= 4 is 34.5 Å². The summed E-state index contributed by atoms with van der Waals surface area (Å²) in [6.45, 7) is 1.62. The molecule has 0 unspecified atom stereocenters. The summed E-state index contributed by atoms with van der Waals surface area (Å²) in [5.41, 5.74) is 3.03. The lowest BCUT2D eigenvalue weighted by Gasteiger charge is -2.20. The van der Waals surface area contributed by atoms with Crippen LogP contribution in [0.15, 0.2) is 30.3 Å². The van der Waals surface area contributed by atoms with Crippen LogP contribution in [0.3, 0.4) is 0 Å². The fourth-order valence-corrected chi connectivity index (χ4v) is 3.69. The minimum atomic E-state index is 0.0122. The van der Waals surface area contributed by atoms with Crippen molar-refractivity contribution in [1.29, 1.82) is 0 Å². The molecule has 1 aromatic carbocycles. The number of nitrogens with one attached hydrogen (secondary N) is 2. The Hall–Kier alpha value is -1.52. The quantitative estimate of drug-likeness (QED) is 0.901. The molecule has 1 aliphatic heterocycles. The first-order valence-corrected chi connectivity index (χ1v) is 8.31. The summed E-state index contributed by atoms with van der Waals surface area (Å²) in [6, 6.07) is 9.78. The standard InChI is InChI=1S/C16H17ClN2OS/c17-15-7-6-11(21-15)8-10-19-16(20)13-3-1-5-14-12(13)4-2-9-18-14/h1,3,5-7,18H,2,4,8-10H2,(H,19,20). The van der Waals surface area contributed by atoms with Gasteiger partial charge in [-0.15, -0.1) is 11.3 Å². The van der Waals surface area contributed by atoms with Gasteiger partial charge in [-0.05, 0) is 49.1 Å². The number of carbonyl (C=O) groups is 1. The number of hydrogen-bond donors (Lipinski definition) is 2. The fraction of sp³-hybridized carbons (Fsp3) is 0.312. The van der Waals surface area contributed by atoms with E-state index in [0.717, 1.165) is 47.0 Å². The molecule has 1 aliphatic rings. The van der Waals surface area contributed by atoms with Crippen molar-refractivity contribution in [2.24, 2.45) is 0 Å². The highest BCUT2D eigenvalue weighted by Gasteiger charge is 2.16. The minimum absolute atomic E-state index is 0.0122. The molecule has 0 saturated carbocycles. The molecule has 2 aromatic rings. The maximum Gasteiger partial charge on any atom is 0.251 e. The van der Waals surface area contributed by atoms with Crippen molar-refractivity contribution in [2.45, 2.75) is 19.3 Å². The largest absolute Gasteiger partial charge is 0.385 e. The highest BCUT2D eigenvalue weighted by molar-refractivity contribution is 7.16. The number of hydrogen-bond acceptors (Lipinski definition) is 3. The van der Waals surface area contributed by atoms with E-state index < -0.39 is 0 Å². The van der Waals surface area contributed by atoms with Crippen LogP contribution in [-0.4, -0.2) is 19.0 Å². The number of halogens is 1. The lowest BCUT2D eigenvalue weighted by molar-refractivity contribution is 0.0953. The van der Waals surface area contributed by atoms with Crippen molar-refractivity contribution in [2.75, 3.05) is 18.4 Å². The SMILES string of the molecule is O=C(NCCc1ccc(Cl)s1)c1cccc2c1CCCN2. The lowest BCUT2D eigenvalue weighted by atomic mass is 9.97. The van der Waals surface area contributed by atoms with E-state index in [9.17, 15) is 4.79 Å². The number of anilines is 1. The minimum Gasteiger partial charge on any atom is -0.385 e. The Balaban J connectivity index is 1.63. The number of thiophene rings is 1. The van der Waals surface area contributed by atoms with Gasteiger partial charge in [0.2, 0.25) is 0 Å². The lowest BCUT2D eigenvalue weighted by Crippen LogP contribution is -2.27. The summed E-state index contributed by atoms with van der Waals surface area (Å²) in [4.78, 5) is 13.5. The molecule has 0 fully saturated rings. The molecule has 5 heteroatoms. The van der Waals surface area contributed by atoms with Crippen LogP contribution in [0.4, 0.5) is 5.69 Å². The second-order valence-electron chi connectivity index (χ2n) is 5.07. The average Bonchev–Trinajstić information content (AvgIpc) is 2.92. The first kappa shape index (κ1) is 14.4. The van der Waals surface area contributed by atoms with Gasteiger partial charge in [-0.1, -0.05) is 17.7 Å². The van der Waals surface area contributed by atoms with E-state index in [1.165, 1.54) is 4.88 Å². The second kappa shape index (κ2) is 6.50. The third-order valence-electron chi connectivity index (χ3n) is 3.63. The molecule has 2 N–H and O–H groups in total. The Morgan fingerprint density at radius 1 is 1.33 bits per heavy atom. The van der Waals surface area contributed by atoms with Crippen LogP contribution in [0.25, 0.3) is 0 Å². The van der Waals surface area contributed by atoms with Crippen LogP contribution in [0.5, 0.6) is 0 Å². The first-order valence-electron chi connectivity index (χ1n) is 7.12. The third-order valence-corrected chi connectivity index (χ3v) is 4.92. The zero-order valence-electron chi connectivity index (χ0n) is 11.6. The molecule has 0 radical (unpaired) electrons. The molecule has 2 heterocycles. The van der Waals surface area contributed by atoms with Gasteiger partial charge in [0.25, 0.3) is 5.91 Å². The van der Waals surface area contributed by atoms with Gasteiger partial charge in [0.15, 0.2) is 0 Å². The number of benzene rings is 1. The van der Waals surface area contributed by atoms with Crippen molar-refractivity contribution in [3.05, 3.63) is 50.7 Å². The van der Waals surface area contributed by atoms with Gasteiger partial charge < -0.3 is 10.6 Å². The van der Waals surface area contributed by atoms with E-state index in [1.807, 2.05) is 30.3 Å². The molecule has 3 rings (SSSR count). The molecule has 1 amide bonds. The number of carbonyl (C=O) groups excluding carboxylic acids is 1. The van der Waals surface area contributed by atoms with Gasteiger partial charge >= 0.3 is 0 Å². The summed E-state index contributed by atoms with van der Waals surface area (Å²) in [5, 5.41) is 6.35. The van der Waals surface area contributed by atoms with E-state index in [0.29, 0.717) is 6.54 Å². The number of amides is 1. The van der Waals surface area contributed by atoms with E-state index >= 15 is 0 Å². The van der Waals surface area contributed by atoms with Crippen molar-refractivity contribution < 1.29 is 4.79 Å². The summed E-state index contributed by atoms with van der Waals surface area (Å²) < 4.78 is 0.791. The molecule has 21 heavy (non-hydrogen) atoms. The summed E-state index contributed by atoms with van der Waals surface area (Å²) in [6.07, 6.45) is 2.86. The van der Waals surface area contributed by atoms with E-state index in [1.54, 1.807) is 11.3 Å². The fourth-order valence-electron chi connectivity index (χ4n) is 2.60. The van der Waals surface area contributed by atoms with Gasteiger partial charge in [-0.3, -0.25) is 4.79 Å². The monoisotopic (exact) mass is 320 g/mol. The molecule has 0 saturated heterocycles. The second-order valence-corrected chi connectivity index (χ2v) is 6.87. The van der Waals surface area contributed by atoms with Crippen LogP contribution in [-0.2, 0) is 12.8 Å². The molecule has 3 nitrogen and oxygen atoms in total. The Kier molecular flexibility index (Phi) is 4.46. The Labute approximate surface area is 133 Å². The highest BCUT2D eigenvalue weighted by atomic mass is 35.5. The van der Waals surface area contributed by atoms with E-state index in [-0.39, 0.29) is 5.91 Å². The average molecular weight is 321 g/mol. The van der Waals surface area contributed by atoms with Crippen LogP contribution < -0.4 is 10.6 Å². The van der Waals surface area contributed by atoms with Crippen molar-refractivity contribution in [1.82, 2.24) is 5.32 Å². The third kappa shape index (κ3) is 3.39. The van der Waals surface area contributed by atoms with E-state index in [4.69, 9.17) is 11.6 Å². The predicted molar refractivity (Wildman–Crippen MR) is 88.6 cm³/mol. The Morgan fingerprint density at radius 3 is 3.05 bits per heavy atom. The smallest absolute Gasteiger partial charge is 0.251 e. The van der Waals surface area contributed by atoms with Gasteiger partial charge in [0.05, 0.1) is 4.34 Å². The number of rotatable bonds is 4. The molecule has 0 spiro atoms. The normalized spacial score (nSPS) is 13.4. The molecule has 0 aliphatic carbocycles. The zero-order chi connectivity index (χ0) is 14.7. The van der Waals surface area contributed by atoms with E-state index in [2.05, 4.69) is 10.6 Å². The number of fused-ring (bicyclic) bond motifs is 1. The van der Waals surface area contributed by atoms with Crippen LogP contribution in [0.1, 0.15) is 27.2 Å². The summed E-state index contributed by atoms with van der Waals surface area (Å²) in [5.74, 6) is 0.0122. The topological polar surface area (TPSA) is 41.1 Å². The van der Waals surface area contributed by atoms with Crippen LogP contribution >= 0.6 is 22.9 Å². The first-order chi connectivity index (χ1) is 10.2. The maximum absolute atomic E-state index is 12.4. The Bertz CT molecular complexity index is 653. The zero-order valence-corrected chi connectivity index (χ0v) is 13.2. The molecular formula is C16H17ClN2OS. The summed E-state index contributed by atoms with van der Waals surface area (Å²) >= 11 is 7.46. The maximum atomic E-state index is 12.4. The molecule has 110 valence electrons. The molecular weight excluding hydrogens is 304 g/mol. The van der Waals surface area contributed by atoms with Gasteiger partial charge in [-0.2, -0.15) is 0 Å². The highest BCUT2D eigenvalue weighted by Crippen LogP contribution is 2.25. The van der Waals surface area contributed by atoms with Gasteiger partial charge in [0.1, 0.15) is 0 Å². The van der Waals surface area contributed by atoms with Gasteiger partial charge in [-0.25, -0.2) is 0 Å². The van der Waals surface area contributed by atoms with Crippen molar-refractivity contribution in [3.8, 4) is 0 Å². The summed E-state index contributed by atoms with van der Waals surface area (Å²) in [7, 11) is 0. The van der Waals surface area contributed by atoms with Crippen molar-refractivity contribution in [3.63, 3.8) is 0 Å².